The fourth-order valence-corrected chi connectivity index (χ4v) is 5.82. The summed E-state index contributed by atoms with van der Waals surface area (Å²) in [6.07, 6.45) is 16.4. The van der Waals surface area contributed by atoms with Gasteiger partial charge in [0, 0.05) is 28.2 Å². The molecule has 46 heavy (non-hydrogen) atoms. The molecule has 0 saturated heterocycles. The van der Waals surface area contributed by atoms with Crippen LogP contribution in [0.5, 0.6) is 0 Å². The Balaban J connectivity index is 1.64. The molecule has 4 aromatic carbocycles. The van der Waals surface area contributed by atoms with Crippen LogP contribution in [-0.2, 0) is 0 Å². The van der Waals surface area contributed by atoms with E-state index in [1.165, 1.54) is 5.56 Å². The third-order valence-corrected chi connectivity index (χ3v) is 8.03. The van der Waals surface area contributed by atoms with Crippen molar-refractivity contribution in [1.82, 2.24) is 9.97 Å². The van der Waals surface area contributed by atoms with Crippen LogP contribution in [0, 0.1) is 0 Å². The maximum absolute atomic E-state index is 5.15. The molecule has 224 valence electrons. The highest BCUT2D eigenvalue weighted by Gasteiger charge is 2.19. The first-order valence-electron chi connectivity index (χ1n) is 15.5. The van der Waals surface area contributed by atoms with E-state index in [0.717, 1.165) is 71.6 Å². The fourth-order valence-electron chi connectivity index (χ4n) is 5.82. The van der Waals surface area contributed by atoms with Crippen LogP contribution in [0.25, 0.3) is 75.4 Å². The van der Waals surface area contributed by atoms with Crippen molar-refractivity contribution in [2.24, 2.45) is 0 Å². The van der Waals surface area contributed by atoms with Gasteiger partial charge in [-0.3, -0.25) is 0 Å². The van der Waals surface area contributed by atoms with Crippen molar-refractivity contribution in [3.63, 3.8) is 0 Å². The maximum atomic E-state index is 5.15. The molecule has 3 nitrogen and oxygen atoms in total. The summed E-state index contributed by atoms with van der Waals surface area (Å²) < 4.78 is 0. The van der Waals surface area contributed by atoms with E-state index in [1.807, 2.05) is 62.6 Å². The average molecular weight is 596 g/mol. The number of aromatic amines is 1. The second-order valence-electron chi connectivity index (χ2n) is 11.0. The minimum atomic E-state index is 0.735. The second kappa shape index (κ2) is 13.8. The third kappa shape index (κ3) is 6.17. The van der Waals surface area contributed by atoms with Crippen LogP contribution in [0.4, 0.5) is 5.69 Å². The average Bonchev–Trinajstić information content (AvgIpc) is 3.11. The number of para-hydroxylation sites is 2. The molecule has 0 fully saturated rings. The van der Waals surface area contributed by atoms with Gasteiger partial charge in [0.15, 0.2) is 0 Å². The molecule has 0 spiro atoms. The molecule has 6 rings (SSSR count). The summed E-state index contributed by atoms with van der Waals surface area (Å²) in [4.78, 5) is 8.79. The Morgan fingerprint density at radius 1 is 0.630 bits per heavy atom. The van der Waals surface area contributed by atoms with Gasteiger partial charge in [-0.25, -0.2) is 4.98 Å². The molecule has 1 aliphatic heterocycles. The van der Waals surface area contributed by atoms with Gasteiger partial charge in [0.1, 0.15) is 5.82 Å². The van der Waals surface area contributed by atoms with Crippen LogP contribution < -0.4 is 15.8 Å². The Morgan fingerprint density at radius 2 is 1.30 bits per heavy atom. The molecule has 0 radical (unpaired) electrons. The largest absolute Gasteiger partial charge is 0.362 e. The molecule has 2 aliphatic rings. The van der Waals surface area contributed by atoms with Crippen molar-refractivity contribution in [3.8, 4) is 22.3 Å². The highest BCUT2D eigenvalue weighted by atomic mass is 14.9. The van der Waals surface area contributed by atoms with Gasteiger partial charge in [0.2, 0.25) is 0 Å². The SMILES string of the molecule is C=c1c2c(/C=C\C)c3ccccc3nc(/C=C\C=C/C)[nH]c3ccccc3c(/C=C\Nc3cccc(-c4ccccc4)c3)c-2c1=C. The summed E-state index contributed by atoms with van der Waals surface area (Å²) in [6.45, 7) is 13.0. The standard InChI is InChI=1S/C43H37N3/c1-5-7-9-26-41-45-39-24-14-12-22-35(39)37(17-6-2)42-30(3)31(4)43(42)38(36-23-13-15-25-40(36)46-41)27-28-44-34-21-16-20-33(29-34)32-18-10-8-11-19-32/h5-29,44H,3-4H2,1-2H3,(H,45,46)/b7-5-,17-6-,26-9-,28-27-,42-37?,43-38?. The number of allylic oxidation sites excluding steroid dienone is 4. The van der Waals surface area contributed by atoms with Crippen molar-refractivity contribution < 1.29 is 0 Å². The van der Waals surface area contributed by atoms with Gasteiger partial charge in [0.05, 0.1) is 5.52 Å². The van der Waals surface area contributed by atoms with E-state index in [4.69, 9.17) is 4.98 Å². The summed E-state index contributed by atoms with van der Waals surface area (Å²) >= 11 is 0. The summed E-state index contributed by atoms with van der Waals surface area (Å²) in [5, 5.41) is 7.48. The zero-order chi connectivity index (χ0) is 31.9. The Kier molecular flexibility index (Phi) is 9.03. The number of benzene rings is 4. The quantitative estimate of drug-likeness (QED) is 0.180. The van der Waals surface area contributed by atoms with E-state index in [1.54, 1.807) is 0 Å². The first-order valence-corrected chi connectivity index (χ1v) is 15.5. The monoisotopic (exact) mass is 595 g/mol. The number of nitrogens with zero attached hydrogens (tertiary/aromatic N) is 1. The molecular weight excluding hydrogens is 558 g/mol. The highest BCUT2D eigenvalue weighted by molar-refractivity contribution is 6.01. The van der Waals surface area contributed by atoms with Crippen molar-refractivity contribution >= 4 is 58.9 Å². The van der Waals surface area contributed by atoms with Crippen molar-refractivity contribution in [3.05, 3.63) is 161 Å². The van der Waals surface area contributed by atoms with Crippen LogP contribution in [0.15, 0.2) is 134 Å². The van der Waals surface area contributed by atoms with E-state index >= 15 is 0 Å². The number of hydrogen-bond donors (Lipinski definition) is 2. The van der Waals surface area contributed by atoms with E-state index in [-0.39, 0.29) is 0 Å². The lowest BCUT2D eigenvalue weighted by Gasteiger charge is -2.19. The zero-order valence-corrected chi connectivity index (χ0v) is 26.3. The minimum Gasteiger partial charge on any atom is -0.362 e. The number of aromatic nitrogens is 2. The number of rotatable bonds is 7. The number of fused-ring (bicyclic) bond motifs is 3. The predicted octanol–water partition coefficient (Wildman–Crippen LogP) is 10.1. The highest BCUT2D eigenvalue weighted by Crippen LogP contribution is 2.32. The van der Waals surface area contributed by atoms with E-state index in [9.17, 15) is 0 Å². The lowest BCUT2D eigenvalue weighted by molar-refractivity contribution is 1.23. The summed E-state index contributed by atoms with van der Waals surface area (Å²) in [5.74, 6) is 0.735. The van der Waals surface area contributed by atoms with Crippen LogP contribution in [0.3, 0.4) is 0 Å². The Bertz CT molecular complexity index is 2280. The van der Waals surface area contributed by atoms with E-state index in [2.05, 4.69) is 127 Å². The summed E-state index contributed by atoms with van der Waals surface area (Å²) in [5.41, 5.74) is 9.43. The van der Waals surface area contributed by atoms with E-state index in [0.29, 0.717) is 0 Å². The van der Waals surface area contributed by atoms with Gasteiger partial charge in [-0.15, -0.1) is 0 Å². The Hall–Kier alpha value is -5.93. The van der Waals surface area contributed by atoms with Crippen molar-refractivity contribution in [2.45, 2.75) is 13.8 Å². The van der Waals surface area contributed by atoms with Crippen LogP contribution in [0.2, 0.25) is 0 Å². The lowest BCUT2D eigenvalue weighted by Crippen LogP contribution is -2.36. The Morgan fingerprint density at radius 3 is 2.07 bits per heavy atom. The molecule has 3 heteroatoms. The fraction of sp³-hybridized carbons (Fsp3) is 0.0465. The molecular formula is C43H37N3. The van der Waals surface area contributed by atoms with Crippen molar-refractivity contribution in [1.29, 1.82) is 0 Å². The number of nitrogens with one attached hydrogen (secondary N) is 2. The van der Waals surface area contributed by atoms with Gasteiger partial charge < -0.3 is 10.3 Å². The number of anilines is 1. The molecule has 1 heterocycles. The first-order chi connectivity index (χ1) is 22.6. The van der Waals surface area contributed by atoms with Gasteiger partial charge in [-0.2, -0.15) is 0 Å². The molecule has 0 saturated carbocycles. The summed E-state index contributed by atoms with van der Waals surface area (Å²) in [7, 11) is 0. The Labute approximate surface area is 270 Å². The van der Waals surface area contributed by atoms with E-state index < -0.39 is 0 Å². The molecule has 4 aromatic rings. The molecule has 0 bridgehead atoms. The van der Waals surface area contributed by atoms with Gasteiger partial charge in [-0.05, 0) is 94.1 Å². The minimum absolute atomic E-state index is 0.735. The molecule has 0 unspecified atom stereocenters. The normalized spacial score (nSPS) is 12.0. The first kappa shape index (κ1) is 30.1. The van der Waals surface area contributed by atoms with Crippen molar-refractivity contribution in [2.75, 3.05) is 5.32 Å². The van der Waals surface area contributed by atoms with Gasteiger partial charge >= 0.3 is 0 Å². The number of hydrogen-bond acceptors (Lipinski definition) is 2. The molecule has 0 atom stereocenters. The predicted molar refractivity (Wildman–Crippen MR) is 201 cm³/mol. The summed E-state index contributed by atoms with van der Waals surface area (Å²) in [6, 6.07) is 35.5. The third-order valence-electron chi connectivity index (χ3n) is 8.03. The zero-order valence-electron chi connectivity index (χ0n) is 26.3. The second-order valence-corrected chi connectivity index (χ2v) is 11.0. The van der Waals surface area contributed by atoms with Gasteiger partial charge in [-0.1, -0.05) is 122 Å². The number of H-pyrrole nitrogens is 1. The molecule has 2 N–H and O–H groups in total. The smallest absolute Gasteiger partial charge is 0.131 e. The van der Waals surface area contributed by atoms with Crippen LogP contribution in [0.1, 0.15) is 30.8 Å². The van der Waals surface area contributed by atoms with Crippen LogP contribution in [-0.4, -0.2) is 9.97 Å². The topological polar surface area (TPSA) is 40.7 Å². The van der Waals surface area contributed by atoms with Crippen LogP contribution >= 0.6 is 0 Å². The maximum Gasteiger partial charge on any atom is 0.131 e. The molecule has 0 amide bonds. The molecule has 0 aromatic heterocycles. The lowest BCUT2D eigenvalue weighted by atomic mass is 9.84. The van der Waals surface area contributed by atoms with Gasteiger partial charge in [0.25, 0.3) is 0 Å². The molecule has 1 aliphatic carbocycles.